The van der Waals surface area contributed by atoms with Crippen LogP contribution in [0.2, 0.25) is 0 Å². The predicted octanol–water partition coefficient (Wildman–Crippen LogP) is 3.90. The zero-order chi connectivity index (χ0) is 20.2. The van der Waals surface area contributed by atoms with E-state index in [2.05, 4.69) is 19.9 Å². The molecule has 4 aromatic rings. The minimum absolute atomic E-state index is 0.211. The summed E-state index contributed by atoms with van der Waals surface area (Å²) in [6, 6.07) is 14.0. The molecule has 29 heavy (non-hydrogen) atoms. The molecule has 0 unspecified atom stereocenters. The van der Waals surface area contributed by atoms with E-state index in [0.29, 0.717) is 23.1 Å². The highest BCUT2D eigenvalue weighted by Crippen LogP contribution is 2.22. The minimum Gasteiger partial charge on any atom is -0.351 e. The maximum Gasteiger partial charge on any atom is 0.269 e. The van der Waals surface area contributed by atoms with Crippen LogP contribution in [0, 0.1) is 5.82 Å². The first-order chi connectivity index (χ1) is 14.2. The van der Waals surface area contributed by atoms with Crippen molar-refractivity contribution in [2.45, 2.75) is 18.1 Å². The van der Waals surface area contributed by atoms with Crippen molar-refractivity contribution in [1.82, 2.24) is 24.4 Å². The Morgan fingerprint density at radius 3 is 2.72 bits per heavy atom. The highest BCUT2D eigenvalue weighted by molar-refractivity contribution is 7.98. The van der Waals surface area contributed by atoms with Crippen LogP contribution in [-0.2, 0) is 6.54 Å². The van der Waals surface area contributed by atoms with Gasteiger partial charge in [0, 0.05) is 18.8 Å². The first kappa shape index (κ1) is 19.2. The third kappa shape index (κ3) is 4.02. The zero-order valence-corrected chi connectivity index (χ0v) is 16.7. The second kappa shape index (κ2) is 8.48. The van der Waals surface area contributed by atoms with Crippen LogP contribution >= 0.6 is 11.8 Å². The summed E-state index contributed by atoms with van der Waals surface area (Å²) in [6.07, 6.45) is 6.03. The number of fused-ring (bicyclic) bond motifs is 1. The Morgan fingerprint density at radius 1 is 1.14 bits per heavy atom. The van der Waals surface area contributed by atoms with E-state index in [9.17, 15) is 9.18 Å². The minimum atomic E-state index is -0.322. The summed E-state index contributed by atoms with van der Waals surface area (Å²) >= 11 is 1.43. The molecule has 0 atom stereocenters. The van der Waals surface area contributed by atoms with Crippen molar-refractivity contribution in [2.24, 2.45) is 0 Å². The molecule has 0 radical (unpaired) electrons. The standard InChI is InChI=1S/C21H20FN5OS/c1-29-21-24-13-19(27(21)16-9-7-15(22)8-10-16)20(28)23-11-4-12-26-14-25-17-5-2-3-6-18(17)26/h2-3,5-10,13-14H,4,11-12H2,1H3,(H,23,28). The quantitative estimate of drug-likeness (QED) is 0.371. The summed E-state index contributed by atoms with van der Waals surface area (Å²) in [5.74, 6) is -0.532. The number of rotatable bonds is 7. The van der Waals surface area contributed by atoms with Crippen LogP contribution < -0.4 is 5.32 Å². The van der Waals surface area contributed by atoms with Gasteiger partial charge in [0.05, 0.1) is 23.6 Å². The molecular formula is C21H20FN5OS. The number of para-hydroxylation sites is 2. The predicted molar refractivity (Wildman–Crippen MR) is 112 cm³/mol. The van der Waals surface area contributed by atoms with Crippen LogP contribution in [0.5, 0.6) is 0 Å². The summed E-state index contributed by atoms with van der Waals surface area (Å²) in [7, 11) is 0. The Labute approximate surface area is 171 Å². The van der Waals surface area contributed by atoms with Gasteiger partial charge in [-0.2, -0.15) is 0 Å². The molecule has 0 aliphatic carbocycles. The van der Waals surface area contributed by atoms with Crippen molar-refractivity contribution in [1.29, 1.82) is 0 Å². The Hall–Kier alpha value is -3.13. The van der Waals surface area contributed by atoms with E-state index in [4.69, 9.17) is 0 Å². The van der Waals surface area contributed by atoms with Crippen LogP contribution in [0.15, 0.2) is 66.2 Å². The highest BCUT2D eigenvalue weighted by Gasteiger charge is 2.17. The molecule has 0 spiro atoms. The van der Waals surface area contributed by atoms with Crippen molar-refractivity contribution < 1.29 is 9.18 Å². The number of nitrogens with zero attached hydrogens (tertiary/aromatic N) is 4. The van der Waals surface area contributed by atoms with E-state index >= 15 is 0 Å². The molecule has 2 aromatic carbocycles. The summed E-state index contributed by atoms with van der Waals surface area (Å²) < 4.78 is 17.1. The fraction of sp³-hybridized carbons (Fsp3) is 0.190. The van der Waals surface area contributed by atoms with Gasteiger partial charge >= 0.3 is 0 Å². The fourth-order valence-corrected chi connectivity index (χ4v) is 3.75. The molecule has 2 aromatic heterocycles. The number of carbonyl (C=O) groups excluding carboxylic acids is 1. The molecule has 1 N–H and O–H groups in total. The molecule has 0 saturated carbocycles. The van der Waals surface area contributed by atoms with Gasteiger partial charge in [-0.3, -0.25) is 9.36 Å². The summed E-state index contributed by atoms with van der Waals surface area (Å²) in [6.45, 7) is 1.28. The first-order valence-corrected chi connectivity index (χ1v) is 10.5. The van der Waals surface area contributed by atoms with Crippen LogP contribution in [0.4, 0.5) is 4.39 Å². The number of hydrogen-bond donors (Lipinski definition) is 1. The number of halogens is 1. The molecule has 2 heterocycles. The lowest BCUT2D eigenvalue weighted by atomic mass is 10.3. The van der Waals surface area contributed by atoms with Gasteiger partial charge in [0.1, 0.15) is 11.5 Å². The zero-order valence-electron chi connectivity index (χ0n) is 15.9. The maximum atomic E-state index is 13.3. The normalized spacial score (nSPS) is 11.1. The fourth-order valence-electron chi connectivity index (χ4n) is 3.21. The molecule has 1 amide bonds. The van der Waals surface area contributed by atoms with E-state index < -0.39 is 0 Å². The van der Waals surface area contributed by atoms with Gasteiger partial charge in [-0.05, 0) is 49.1 Å². The average molecular weight is 409 g/mol. The number of carbonyl (C=O) groups is 1. The summed E-state index contributed by atoms with van der Waals surface area (Å²) in [5.41, 5.74) is 3.17. The molecular weight excluding hydrogens is 389 g/mol. The Kier molecular flexibility index (Phi) is 5.62. The molecule has 0 aliphatic heterocycles. The van der Waals surface area contributed by atoms with Gasteiger partial charge in [0.15, 0.2) is 5.16 Å². The average Bonchev–Trinajstić information content (AvgIpc) is 3.36. The SMILES string of the molecule is CSc1ncc(C(=O)NCCCn2cnc3ccccc32)n1-c1ccc(F)cc1. The van der Waals surface area contributed by atoms with Crippen molar-refractivity contribution >= 4 is 28.7 Å². The van der Waals surface area contributed by atoms with E-state index in [1.165, 1.54) is 23.9 Å². The lowest BCUT2D eigenvalue weighted by Gasteiger charge is -2.11. The molecule has 4 rings (SSSR count). The third-order valence-electron chi connectivity index (χ3n) is 4.62. The van der Waals surface area contributed by atoms with Crippen molar-refractivity contribution in [3.63, 3.8) is 0 Å². The van der Waals surface area contributed by atoms with Crippen molar-refractivity contribution in [2.75, 3.05) is 12.8 Å². The number of aryl methyl sites for hydroxylation is 1. The molecule has 0 fully saturated rings. The second-order valence-electron chi connectivity index (χ2n) is 6.48. The maximum absolute atomic E-state index is 13.3. The van der Waals surface area contributed by atoms with Crippen LogP contribution in [0.25, 0.3) is 16.7 Å². The first-order valence-electron chi connectivity index (χ1n) is 9.23. The van der Waals surface area contributed by atoms with Gasteiger partial charge in [-0.1, -0.05) is 23.9 Å². The number of nitrogens with one attached hydrogen (secondary N) is 1. The smallest absolute Gasteiger partial charge is 0.269 e. The van der Waals surface area contributed by atoms with Crippen molar-refractivity contribution in [3.8, 4) is 5.69 Å². The Morgan fingerprint density at radius 2 is 1.93 bits per heavy atom. The van der Waals surface area contributed by atoms with E-state index in [0.717, 1.165) is 24.0 Å². The molecule has 0 saturated heterocycles. The largest absolute Gasteiger partial charge is 0.351 e. The topological polar surface area (TPSA) is 64.7 Å². The summed E-state index contributed by atoms with van der Waals surface area (Å²) in [4.78, 5) is 21.4. The van der Waals surface area contributed by atoms with E-state index in [1.807, 2.05) is 36.8 Å². The van der Waals surface area contributed by atoms with Crippen LogP contribution in [0.1, 0.15) is 16.9 Å². The van der Waals surface area contributed by atoms with Gasteiger partial charge in [0.2, 0.25) is 0 Å². The number of thioether (sulfide) groups is 1. The lowest BCUT2D eigenvalue weighted by Crippen LogP contribution is -2.27. The number of hydrogen-bond acceptors (Lipinski definition) is 4. The van der Waals surface area contributed by atoms with Crippen molar-refractivity contribution in [3.05, 3.63) is 72.6 Å². The van der Waals surface area contributed by atoms with Gasteiger partial charge in [-0.15, -0.1) is 0 Å². The molecule has 148 valence electrons. The van der Waals surface area contributed by atoms with Gasteiger partial charge < -0.3 is 9.88 Å². The Balaban J connectivity index is 1.42. The number of benzene rings is 2. The molecule has 8 heteroatoms. The third-order valence-corrected chi connectivity index (χ3v) is 5.27. The summed E-state index contributed by atoms with van der Waals surface area (Å²) in [5, 5.41) is 3.62. The van der Waals surface area contributed by atoms with E-state index in [-0.39, 0.29) is 11.7 Å². The lowest BCUT2D eigenvalue weighted by molar-refractivity contribution is 0.0945. The Bertz CT molecular complexity index is 1140. The van der Waals surface area contributed by atoms with Gasteiger partial charge in [-0.25, -0.2) is 14.4 Å². The van der Waals surface area contributed by atoms with E-state index in [1.54, 1.807) is 22.9 Å². The van der Waals surface area contributed by atoms with Gasteiger partial charge in [0.25, 0.3) is 5.91 Å². The monoisotopic (exact) mass is 409 g/mol. The highest BCUT2D eigenvalue weighted by atomic mass is 32.2. The molecule has 6 nitrogen and oxygen atoms in total. The number of amides is 1. The van der Waals surface area contributed by atoms with Crippen LogP contribution in [-0.4, -0.2) is 37.8 Å². The number of aromatic nitrogens is 4. The second-order valence-corrected chi connectivity index (χ2v) is 7.25. The number of imidazole rings is 2. The molecule has 0 aliphatic rings. The van der Waals surface area contributed by atoms with Crippen LogP contribution in [0.3, 0.4) is 0 Å². The molecule has 0 bridgehead atoms.